The van der Waals surface area contributed by atoms with E-state index >= 15 is 0 Å². The fourth-order valence-electron chi connectivity index (χ4n) is 3.35. The van der Waals surface area contributed by atoms with Crippen molar-refractivity contribution in [3.8, 4) is 5.75 Å². The molecule has 1 aliphatic rings. The molecule has 0 aliphatic carbocycles. The van der Waals surface area contributed by atoms with Crippen molar-refractivity contribution in [3.05, 3.63) is 39.2 Å². The van der Waals surface area contributed by atoms with Gasteiger partial charge in [-0.25, -0.2) is 4.79 Å². The standard InChI is InChI=1S/C18H19NO6/c1-9-11-5-6-14(20)10(2)16(11)25-18(24)12(9)8-15(21)19-7-3-4-13(19)17(22)23/h5-6,13,20H,3-4,7-8H2,1-2H3,(H,22,23)/p-1/t13-/m0/s1. The van der Waals surface area contributed by atoms with E-state index in [1.54, 1.807) is 19.9 Å². The topological polar surface area (TPSA) is 111 Å². The van der Waals surface area contributed by atoms with Crippen LogP contribution in [0.15, 0.2) is 21.3 Å². The van der Waals surface area contributed by atoms with Crippen molar-refractivity contribution in [2.45, 2.75) is 39.2 Å². The number of phenolic OH excluding ortho intramolecular Hbond substituents is 1. The normalized spacial score (nSPS) is 17.2. The maximum absolute atomic E-state index is 12.5. The van der Waals surface area contributed by atoms with Crippen molar-refractivity contribution in [2.24, 2.45) is 0 Å². The van der Waals surface area contributed by atoms with Crippen molar-refractivity contribution in [2.75, 3.05) is 6.54 Å². The molecule has 2 aromatic rings. The van der Waals surface area contributed by atoms with Crippen LogP contribution in [-0.2, 0) is 16.0 Å². The van der Waals surface area contributed by atoms with Crippen LogP contribution in [-0.4, -0.2) is 34.5 Å². The average Bonchev–Trinajstić information content (AvgIpc) is 3.05. The van der Waals surface area contributed by atoms with E-state index in [0.717, 1.165) is 0 Å². The van der Waals surface area contributed by atoms with E-state index < -0.39 is 23.5 Å². The fourth-order valence-corrected chi connectivity index (χ4v) is 3.35. The zero-order valence-corrected chi connectivity index (χ0v) is 14.0. The van der Waals surface area contributed by atoms with E-state index in [0.29, 0.717) is 35.9 Å². The second-order valence-corrected chi connectivity index (χ2v) is 6.32. The highest BCUT2D eigenvalue weighted by Crippen LogP contribution is 2.29. The summed E-state index contributed by atoms with van der Waals surface area (Å²) in [6.07, 6.45) is 0.722. The van der Waals surface area contributed by atoms with Gasteiger partial charge in [0.1, 0.15) is 11.3 Å². The van der Waals surface area contributed by atoms with Gasteiger partial charge in [0.05, 0.1) is 24.0 Å². The highest BCUT2D eigenvalue weighted by molar-refractivity contribution is 5.88. The lowest BCUT2D eigenvalue weighted by molar-refractivity contribution is -0.310. The summed E-state index contributed by atoms with van der Waals surface area (Å²) >= 11 is 0. The van der Waals surface area contributed by atoms with Crippen LogP contribution in [0.1, 0.15) is 29.5 Å². The number of likely N-dealkylation sites (tertiary alicyclic amines) is 1. The molecule has 1 aromatic carbocycles. The summed E-state index contributed by atoms with van der Waals surface area (Å²) in [6, 6.07) is 2.19. The molecule has 1 N–H and O–H groups in total. The van der Waals surface area contributed by atoms with Crippen LogP contribution in [0.2, 0.25) is 0 Å². The van der Waals surface area contributed by atoms with Crippen LogP contribution in [0.25, 0.3) is 11.0 Å². The number of benzene rings is 1. The van der Waals surface area contributed by atoms with Gasteiger partial charge >= 0.3 is 5.63 Å². The molecule has 1 aromatic heterocycles. The van der Waals surface area contributed by atoms with Gasteiger partial charge in [0, 0.05) is 17.5 Å². The first-order valence-corrected chi connectivity index (χ1v) is 8.06. The number of carbonyl (C=O) groups is 2. The summed E-state index contributed by atoms with van der Waals surface area (Å²) < 4.78 is 5.31. The lowest BCUT2D eigenvalue weighted by Crippen LogP contribution is -2.47. The minimum absolute atomic E-state index is 0.0211. The van der Waals surface area contributed by atoms with Crippen LogP contribution in [0, 0.1) is 13.8 Å². The van der Waals surface area contributed by atoms with E-state index in [9.17, 15) is 24.6 Å². The highest BCUT2D eigenvalue weighted by Gasteiger charge is 2.30. The molecule has 1 aliphatic heterocycles. The van der Waals surface area contributed by atoms with Gasteiger partial charge < -0.3 is 24.3 Å². The molecule has 25 heavy (non-hydrogen) atoms. The number of fused-ring (bicyclic) bond motifs is 1. The van der Waals surface area contributed by atoms with E-state index in [1.165, 1.54) is 11.0 Å². The SMILES string of the molecule is Cc1c(CC(=O)N2CCC[C@H]2C(=O)[O-])c(=O)oc2c(C)c(O)ccc12. The number of rotatable bonds is 3. The molecule has 1 atom stereocenters. The van der Waals surface area contributed by atoms with Crippen molar-refractivity contribution in [1.82, 2.24) is 4.90 Å². The molecular formula is C18H18NO6-. The summed E-state index contributed by atoms with van der Waals surface area (Å²) in [5.41, 5.74) is 0.870. The Kier molecular flexibility index (Phi) is 4.24. The average molecular weight is 344 g/mol. The number of carbonyl (C=O) groups excluding carboxylic acids is 2. The molecule has 1 fully saturated rings. The summed E-state index contributed by atoms with van der Waals surface area (Å²) in [4.78, 5) is 37.2. The maximum Gasteiger partial charge on any atom is 0.340 e. The van der Waals surface area contributed by atoms with Gasteiger partial charge in [-0.3, -0.25) is 4.79 Å². The van der Waals surface area contributed by atoms with E-state index in [1.807, 2.05) is 0 Å². The number of phenols is 1. The zero-order valence-electron chi connectivity index (χ0n) is 14.0. The van der Waals surface area contributed by atoms with Crippen molar-refractivity contribution in [1.29, 1.82) is 0 Å². The Labute approximate surface area is 143 Å². The van der Waals surface area contributed by atoms with Crippen molar-refractivity contribution in [3.63, 3.8) is 0 Å². The van der Waals surface area contributed by atoms with Gasteiger partial charge in [-0.2, -0.15) is 0 Å². The largest absolute Gasteiger partial charge is 0.548 e. The third kappa shape index (κ3) is 2.86. The molecule has 2 heterocycles. The summed E-state index contributed by atoms with van der Waals surface area (Å²) in [5.74, 6) is -1.69. The van der Waals surface area contributed by atoms with Crippen molar-refractivity contribution >= 4 is 22.8 Å². The van der Waals surface area contributed by atoms with E-state index in [4.69, 9.17) is 4.42 Å². The van der Waals surface area contributed by atoms with Gasteiger partial charge in [-0.05, 0) is 44.4 Å². The summed E-state index contributed by atoms with van der Waals surface area (Å²) in [7, 11) is 0. The number of amides is 1. The Hall–Kier alpha value is -2.83. The maximum atomic E-state index is 12.5. The molecule has 7 nitrogen and oxygen atoms in total. The number of carboxylic acids is 1. The third-order valence-electron chi connectivity index (χ3n) is 4.85. The monoisotopic (exact) mass is 344 g/mol. The molecule has 0 spiro atoms. The molecule has 1 amide bonds. The number of hydrogen-bond donors (Lipinski definition) is 1. The Morgan fingerprint density at radius 2 is 2.04 bits per heavy atom. The number of carboxylic acid groups (broad SMARTS) is 1. The van der Waals surface area contributed by atoms with Crippen LogP contribution in [0.5, 0.6) is 5.75 Å². The second kappa shape index (κ2) is 6.23. The van der Waals surface area contributed by atoms with E-state index in [-0.39, 0.29) is 23.3 Å². The first-order chi connectivity index (χ1) is 11.8. The van der Waals surface area contributed by atoms with Gasteiger partial charge in [0.25, 0.3) is 0 Å². The third-order valence-corrected chi connectivity index (χ3v) is 4.85. The van der Waals surface area contributed by atoms with Crippen molar-refractivity contribution < 1.29 is 24.2 Å². The molecule has 0 saturated carbocycles. The zero-order chi connectivity index (χ0) is 18.3. The Balaban J connectivity index is 1.99. The lowest BCUT2D eigenvalue weighted by atomic mass is 10.0. The van der Waals surface area contributed by atoms with E-state index in [2.05, 4.69) is 0 Å². The van der Waals surface area contributed by atoms with Gasteiger partial charge in [-0.1, -0.05) is 0 Å². The molecule has 7 heteroatoms. The minimum atomic E-state index is -1.28. The van der Waals surface area contributed by atoms with Gasteiger partial charge in [0.15, 0.2) is 0 Å². The predicted octanol–water partition coefficient (Wildman–Crippen LogP) is 0.399. The smallest absolute Gasteiger partial charge is 0.340 e. The Morgan fingerprint density at radius 1 is 1.32 bits per heavy atom. The number of aliphatic carboxylic acids is 1. The van der Waals surface area contributed by atoms with Gasteiger partial charge in [-0.15, -0.1) is 0 Å². The molecule has 132 valence electrons. The molecule has 0 bridgehead atoms. The highest BCUT2D eigenvalue weighted by atomic mass is 16.4. The molecule has 1 saturated heterocycles. The number of nitrogens with zero attached hydrogens (tertiary/aromatic N) is 1. The van der Waals surface area contributed by atoms with Gasteiger partial charge in [0.2, 0.25) is 5.91 Å². The quantitative estimate of drug-likeness (QED) is 0.807. The van der Waals surface area contributed by atoms with Crippen LogP contribution >= 0.6 is 0 Å². The summed E-state index contributed by atoms with van der Waals surface area (Å²) in [6.45, 7) is 3.68. The fraction of sp³-hybridized carbons (Fsp3) is 0.389. The number of hydrogen-bond acceptors (Lipinski definition) is 6. The van der Waals surface area contributed by atoms with Crippen LogP contribution in [0.3, 0.4) is 0 Å². The summed E-state index contributed by atoms with van der Waals surface area (Å²) in [5, 5.41) is 21.5. The predicted molar refractivity (Wildman–Crippen MR) is 87.1 cm³/mol. The number of aromatic hydroxyl groups is 1. The first kappa shape index (κ1) is 17.0. The first-order valence-electron chi connectivity index (χ1n) is 8.06. The Morgan fingerprint density at radius 3 is 2.72 bits per heavy atom. The second-order valence-electron chi connectivity index (χ2n) is 6.32. The minimum Gasteiger partial charge on any atom is -0.548 e. The molecule has 0 radical (unpaired) electrons. The molecule has 3 rings (SSSR count). The molecule has 0 unspecified atom stereocenters. The Bertz CT molecular complexity index is 929. The lowest BCUT2D eigenvalue weighted by Gasteiger charge is -2.25. The molecular weight excluding hydrogens is 326 g/mol. The van der Waals surface area contributed by atoms with Crippen LogP contribution in [0.4, 0.5) is 0 Å². The number of aryl methyl sites for hydroxylation is 2. The van der Waals surface area contributed by atoms with Crippen LogP contribution < -0.4 is 10.7 Å².